The number of piperidine rings is 1. The largest absolute Gasteiger partial charge is 0.371 e. The summed E-state index contributed by atoms with van der Waals surface area (Å²) in [7, 11) is 2.08. The molecule has 0 amide bonds. The second-order valence-electron chi connectivity index (χ2n) is 5.04. The van der Waals surface area contributed by atoms with E-state index in [2.05, 4.69) is 71.9 Å². The first-order valence-electron chi connectivity index (χ1n) is 6.30. The van der Waals surface area contributed by atoms with E-state index in [1.165, 1.54) is 21.2 Å². The van der Waals surface area contributed by atoms with Gasteiger partial charge in [0.05, 0.1) is 0 Å². The highest BCUT2D eigenvalue weighted by Crippen LogP contribution is 2.25. The summed E-state index contributed by atoms with van der Waals surface area (Å²) in [5, 5.41) is 3.42. The molecule has 1 aromatic carbocycles. The maximum Gasteiger partial charge on any atom is 0.0377 e. The highest BCUT2D eigenvalue weighted by molar-refractivity contribution is 14.1. The molecule has 1 aromatic rings. The van der Waals surface area contributed by atoms with Crippen LogP contribution >= 0.6 is 22.6 Å². The molecule has 1 saturated heterocycles. The van der Waals surface area contributed by atoms with Crippen molar-refractivity contribution < 1.29 is 0 Å². The molecular weight excluding hydrogens is 323 g/mol. The first-order chi connectivity index (χ1) is 8.11. The Labute approximate surface area is 118 Å². The van der Waals surface area contributed by atoms with Crippen LogP contribution in [0.3, 0.4) is 0 Å². The van der Waals surface area contributed by atoms with E-state index in [1.807, 2.05) is 0 Å². The van der Waals surface area contributed by atoms with E-state index in [4.69, 9.17) is 0 Å². The Bertz CT molecular complexity index is 392. The van der Waals surface area contributed by atoms with Crippen molar-refractivity contribution in [3.8, 4) is 0 Å². The number of nitrogens with zero attached hydrogens (tertiary/aromatic N) is 1. The molecule has 2 unspecified atom stereocenters. The third-order valence-electron chi connectivity index (χ3n) is 3.80. The van der Waals surface area contributed by atoms with Crippen LogP contribution in [0.4, 0.5) is 5.69 Å². The summed E-state index contributed by atoms with van der Waals surface area (Å²) >= 11 is 2.42. The second kappa shape index (κ2) is 5.57. The van der Waals surface area contributed by atoms with Crippen molar-refractivity contribution in [2.45, 2.75) is 26.3 Å². The third kappa shape index (κ3) is 2.94. The first-order valence-corrected chi connectivity index (χ1v) is 7.38. The number of halogens is 1. The highest BCUT2D eigenvalue weighted by atomic mass is 127. The number of rotatable bonds is 2. The molecule has 2 rings (SSSR count). The Balaban J connectivity index is 2.11. The van der Waals surface area contributed by atoms with Gasteiger partial charge >= 0.3 is 0 Å². The first kappa shape index (κ1) is 13.1. The summed E-state index contributed by atoms with van der Waals surface area (Å²) in [6.07, 6.45) is 1.24. The van der Waals surface area contributed by atoms with Crippen molar-refractivity contribution in [1.29, 1.82) is 0 Å². The summed E-state index contributed by atoms with van der Waals surface area (Å²) in [6, 6.07) is 7.47. The summed E-state index contributed by atoms with van der Waals surface area (Å²) in [5.41, 5.74) is 2.74. The van der Waals surface area contributed by atoms with Crippen molar-refractivity contribution in [2.24, 2.45) is 5.92 Å². The van der Waals surface area contributed by atoms with Gasteiger partial charge in [0.2, 0.25) is 0 Å². The molecule has 0 spiro atoms. The van der Waals surface area contributed by atoms with Crippen LogP contribution in [-0.2, 0) is 0 Å². The van der Waals surface area contributed by atoms with Gasteiger partial charge in [-0.2, -0.15) is 0 Å². The normalized spacial score (nSPS) is 25.1. The average molecular weight is 344 g/mol. The van der Waals surface area contributed by atoms with E-state index in [1.54, 1.807) is 0 Å². The second-order valence-corrected chi connectivity index (χ2v) is 6.20. The smallest absolute Gasteiger partial charge is 0.0377 e. The van der Waals surface area contributed by atoms with Gasteiger partial charge in [-0.25, -0.2) is 0 Å². The minimum Gasteiger partial charge on any atom is -0.371 e. The molecule has 2 nitrogen and oxygen atoms in total. The number of anilines is 1. The number of benzene rings is 1. The fourth-order valence-electron chi connectivity index (χ4n) is 2.59. The average Bonchev–Trinajstić information content (AvgIpc) is 2.32. The fourth-order valence-corrected chi connectivity index (χ4v) is 3.09. The highest BCUT2D eigenvalue weighted by Gasteiger charge is 2.24. The molecule has 17 heavy (non-hydrogen) atoms. The molecule has 2 atom stereocenters. The molecule has 0 aromatic heterocycles. The molecule has 0 bridgehead atoms. The Hall–Kier alpha value is -0.290. The fraction of sp³-hybridized carbons (Fsp3) is 0.571. The van der Waals surface area contributed by atoms with Crippen molar-refractivity contribution in [1.82, 2.24) is 5.32 Å². The zero-order valence-corrected chi connectivity index (χ0v) is 13.0. The lowest BCUT2D eigenvalue weighted by atomic mass is 9.93. The van der Waals surface area contributed by atoms with E-state index >= 15 is 0 Å². The molecular formula is C14H21IN2. The van der Waals surface area contributed by atoms with Crippen molar-refractivity contribution >= 4 is 28.3 Å². The van der Waals surface area contributed by atoms with Gasteiger partial charge in [0.1, 0.15) is 0 Å². The lowest BCUT2D eigenvalue weighted by Gasteiger charge is -2.38. The maximum atomic E-state index is 3.42. The molecule has 1 fully saturated rings. The zero-order chi connectivity index (χ0) is 12.4. The SMILES string of the molecule is CNC1CCN(c2ccc(C)c(I)c2)CC1C. The van der Waals surface area contributed by atoms with Crippen LogP contribution in [0.2, 0.25) is 0 Å². The van der Waals surface area contributed by atoms with Crippen LogP contribution in [0.15, 0.2) is 18.2 Å². The lowest BCUT2D eigenvalue weighted by molar-refractivity contribution is 0.339. The van der Waals surface area contributed by atoms with Gasteiger partial charge < -0.3 is 10.2 Å². The molecule has 94 valence electrons. The molecule has 1 aliphatic heterocycles. The standard InChI is InChI=1S/C14H21IN2/c1-10-4-5-12(8-13(10)15)17-7-6-14(16-3)11(2)9-17/h4-5,8,11,14,16H,6-7,9H2,1-3H3. The lowest BCUT2D eigenvalue weighted by Crippen LogP contribution is -2.47. The van der Waals surface area contributed by atoms with Crippen LogP contribution in [-0.4, -0.2) is 26.2 Å². The molecule has 0 aliphatic carbocycles. The number of hydrogen-bond acceptors (Lipinski definition) is 2. The van der Waals surface area contributed by atoms with Gasteiger partial charge in [-0.05, 0) is 66.6 Å². The van der Waals surface area contributed by atoms with Crippen LogP contribution in [0.1, 0.15) is 18.9 Å². The van der Waals surface area contributed by atoms with Crippen LogP contribution < -0.4 is 10.2 Å². The summed E-state index contributed by atoms with van der Waals surface area (Å²) in [6.45, 7) is 6.83. The molecule has 1 aliphatic rings. The zero-order valence-electron chi connectivity index (χ0n) is 10.8. The van der Waals surface area contributed by atoms with Crippen molar-refractivity contribution in [3.63, 3.8) is 0 Å². The van der Waals surface area contributed by atoms with E-state index in [-0.39, 0.29) is 0 Å². The van der Waals surface area contributed by atoms with Crippen molar-refractivity contribution in [2.75, 3.05) is 25.0 Å². The molecule has 3 heteroatoms. The van der Waals surface area contributed by atoms with Gasteiger partial charge in [0, 0.05) is 28.4 Å². The van der Waals surface area contributed by atoms with Gasteiger partial charge in [0.25, 0.3) is 0 Å². The summed E-state index contributed by atoms with van der Waals surface area (Å²) < 4.78 is 1.36. The summed E-state index contributed by atoms with van der Waals surface area (Å²) in [5.74, 6) is 0.715. The Morgan fingerprint density at radius 2 is 2.18 bits per heavy atom. The molecule has 1 heterocycles. The van der Waals surface area contributed by atoms with Gasteiger partial charge in [-0.3, -0.25) is 0 Å². The van der Waals surface area contributed by atoms with E-state index in [9.17, 15) is 0 Å². The summed E-state index contributed by atoms with van der Waals surface area (Å²) in [4.78, 5) is 2.51. The topological polar surface area (TPSA) is 15.3 Å². The van der Waals surface area contributed by atoms with Gasteiger partial charge in [-0.15, -0.1) is 0 Å². The minimum atomic E-state index is 0.677. The van der Waals surface area contributed by atoms with Crippen LogP contribution in [0.25, 0.3) is 0 Å². The van der Waals surface area contributed by atoms with Crippen LogP contribution in [0.5, 0.6) is 0 Å². The van der Waals surface area contributed by atoms with E-state index in [0.717, 1.165) is 13.1 Å². The van der Waals surface area contributed by atoms with Crippen molar-refractivity contribution in [3.05, 3.63) is 27.3 Å². The predicted octanol–water partition coefficient (Wildman–Crippen LogP) is 3.03. The number of nitrogens with one attached hydrogen (secondary N) is 1. The molecule has 1 N–H and O–H groups in total. The van der Waals surface area contributed by atoms with Crippen LogP contribution in [0, 0.1) is 16.4 Å². The number of aryl methyl sites for hydroxylation is 1. The monoisotopic (exact) mass is 344 g/mol. The Morgan fingerprint density at radius 3 is 2.76 bits per heavy atom. The molecule has 0 saturated carbocycles. The van der Waals surface area contributed by atoms with E-state index in [0.29, 0.717) is 12.0 Å². The minimum absolute atomic E-state index is 0.677. The maximum absolute atomic E-state index is 3.42. The third-order valence-corrected chi connectivity index (χ3v) is 4.96. The van der Waals surface area contributed by atoms with Gasteiger partial charge in [-0.1, -0.05) is 13.0 Å². The molecule has 0 radical (unpaired) electrons. The van der Waals surface area contributed by atoms with Gasteiger partial charge in [0.15, 0.2) is 0 Å². The predicted molar refractivity (Wildman–Crippen MR) is 82.7 cm³/mol. The quantitative estimate of drug-likeness (QED) is 0.830. The Kier molecular flexibility index (Phi) is 4.31. The Morgan fingerprint density at radius 1 is 1.41 bits per heavy atom. The number of hydrogen-bond donors (Lipinski definition) is 1. The van der Waals surface area contributed by atoms with E-state index < -0.39 is 0 Å².